The number of amides is 1. The molecule has 1 saturated carbocycles. The molecule has 0 aliphatic heterocycles. The molecule has 2 nitrogen and oxygen atoms in total. The lowest BCUT2D eigenvalue weighted by Crippen LogP contribution is -2.44. The Labute approximate surface area is 135 Å². The highest BCUT2D eigenvalue weighted by Crippen LogP contribution is 2.29. The molecule has 0 aromatic heterocycles. The van der Waals surface area contributed by atoms with E-state index in [1.165, 1.54) is 18.6 Å². The number of carbonyl (C=O) groups is 1. The van der Waals surface area contributed by atoms with Crippen LogP contribution in [0.4, 0.5) is 4.39 Å². The van der Waals surface area contributed by atoms with Gasteiger partial charge in [0.1, 0.15) is 5.82 Å². The van der Waals surface area contributed by atoms with Gasteiger partial charge in [0, 0.05) is 21.5 Å². The summed E-state index contributed by atoms with van der Waals surface area (Å²) in [4.78, 5) is 14.7. The Morgan fingerprint density at radius 2 is 2.11 bits per heavy atom. The molecule has 0 radical (unpaired) electrons. The Morgan fingerprint density at radius 3 is 2.74 bits per heavy atom. The van der Waals surface area contributed by atoms with Gasteiger partial charge in [-0.05, 0) is 53.6 Å². The maximum absolute atomic E-state index is 13.1. The van der Waals surface area contributed by atoms with Crippen molar-refractivity contribution >= 4 is 44.4 Å². The van der Waals surface area contributed by atoms with Crippen molar-refractivity contribution in [3.05, 3.63) is 33.1 Å². The summed E-state index contributed by atoms with van der Waals surface area (Å²) in [6.45, 7) is 0. The largest absolute Gasteiger partial charge is 0.338 e. The van der Waals surface area contributed by atoms with Crippen LogP contribution in [-0.2, 0) is 0 Å². The number of hydrogen-bond acceptors (Lipinski definition) is 1. The second-order valence-corrected chi connectivity index (χ2v) is 7.25. The Hall–Kier alpha value is -0.170. The van der Waals surface area contributed by atoms with E-state index in [1.807, 2.05) is 29.6 Å². The van der Waals surface area contributed by atoms with E-state index in [4.69, 9.17) is 0 Å². The van der Waals surface area contributed by atoms with Crippen LogP contribution in [-0.4, -0.2) is 28.7 Å². The fourth-order valence-electron chi connectivity index (χ4n) is 2.51. The zero-order valence-corrected chi connectivity index (χ0v) is 14.4. The van der Waals surface area contributed by atoms with E-state index in [2.05, 4.69) is 15.9 Å². The molecule has 0 spiro atoms. The molecule has 19 heavy (non-hydrogen) atoms. The quantitative estimate of drug-likeness (QED) is 0.499. The average molecular weight is 440 g/mol. The van der Waals surface area contributed by atoms with E-state index in [0.29, 0.717) is 14.0 Å². The second kappa shape index (κ2) is 6.52. The van der Waals surface area contributed by atoms with E-state index < -0.39 is 0 Å². The summed E-state index contributed by atoms with van der Waals surface area (Å²) >= 11 is 5.68. The maximum atomic E-state index is 13.1. The first-order valence-electron chi connectivity index (χ1n) is 6.37. The first-order valence-corrected chi connectivity index (χ1v) is 8.36. The summed E-state index contributed by atoms with van der Waals surface area (Å²) in [6, 6.07) is 4.54. The molecule has 1 fully saturated rings. The van der Waals surface area contributed by atoms with Crippen LogP contribution in [0.1, 0.15) is 36.0 Å². The van der Waals surface area contributed by atoms with Gasteiger partial charge in [0.05, 0.1) is 5.56 Å². The molecule has 1 amide bonds. The van der Waals surface area contributed by atoms with Gasteiger partial charge in [0.15, 0.2) is 0 Å². The summed E-state index contributed by atoms with van der Waals surface area (Å²) < 4.78 is 13.8. The van der Waals surface area contributed by atoms with Crippen molar-refractivity contribution in [2.75, 3.05) is 7.05 Å². The molecule has 104 valence electrons. The highest BCUT2D eigenvalue weighted by molar-refractivity contribution is 14.1. The molecule has 0 bridgehead atoms. The molecule has 1 aromatic rings. The van der Waals surface area contributed by atoms with Crippen molar-refractivity contribution in [3.8, 4) is 0 Å². The topological polar surface area (TPSA) is 20.3 Å². The van der Waals surface area contributed by atoms with Gasteiger partial charge in [-0.25, -0.2) is 4.39 Å². The fraction of sp³-hybridized carbons (Fsp3) is 0.500. The van der Waals surface area contributed by atoms with Crippen LogP contribution >= 0.6 is 38.5 Å². The molecule has 1 aliphatic carbocycles. The summed E-state index contributed by atoms with van der Waals surface area (Å²) in [5, 5.41) is 0. The second-order valence-electron chi connectivity index (χ2n) is 4.91. The fourth-order valence-corrected chi connectivity index (χ4v) is 4.16. The molecule has 0 N–H and O–H groups in total. The Balaban J connectivity index is 2.18. The molecular weight excluding hydrogens is 424 g/mol. The zero-order chi connectivity index (χ0) is 14.0. The van der Waals surface area contributed by atoms with E-state index in [-0.39, 0.29) is 17.8 Å². The van der Waals surface area contributed by atoms with Crippen molar-refractivity contribution in [2.24, 2.45) is 0 Å². The molecule has 0 heterocycles. The number of alkyl halides is 1. The van der Waals surface area contributed by atoms with Gasteiger partial charge in [0.25, 0.3) is 5.91 Å². The lowest BCUT2D eigenvalue weighted by atomic mass is 9.94. The van der Waals surface area contributed by atoms with Crippen molar-refractivity contribution in [1.29, 1.82) is 0 Å². The number of carbonyl (C=O) groups excluding carboxylic acids is 1. The minimum absolute atomic E-state index is 0.0271. The van der Waals surface area contributed by atoms with Gasteiger partial charge in [-0.1, -0.05) is 28.8 Å². The Morgan fingerprint density at radius 1 is 1.42 bits per heavy atom. The third-order valence-corrected chi connectivity index (χ3v) is 5.59. The number of nitrogens with zero attached hydrogens (tertiary/aromatic N) is 1. The molecule has 2 unspecified atom stereocenters. The number of rotatable bonds is 2. The Kier molecular flexibility index (Phi) is 5.22. The van der Waals surface area contributed by atoms with E-state index >= 15 is 0 Å². The van der Waals surface area contributed by atoms with Gasteiger partial charge >= 0.3 is 0 Å². The third-order valence-electron chi connectivity index (χ3n) is 3.63. The van der Waals surface area contributed by atoms with Gasteiger partial charge in [-0.15, -0.1) is 0 Å². The molecule has 1 aliphatic rings. The summed E-state index contributed by atoms with van der Waals surface area (Å²) in [6.07, 6.45) is 4.49. The van der Waals surface area contributed by atoms with E-state index in [0.717, 1.165) is 19.3 Å². The highest BCUT2D eigenvalue weighted by atomic mass is 127. The molecule has 5 heteroatoms. The van der Waals surface area contributed by atoms with Crippen LogP contribution in [0.3, 0.4) is 0 Å². The normalized spacial score (nSPS) is 23.2. The minimum atomic E-state index is -0.306. The molecule has 1 aromatic carbocycles. The van der Waals surface area contributed by atoms with Gasteiger partial charge in [-0.2, -0.15) is 0 Å². The lowest BCUT2D eigenvalue weighted by Gasteiger charge is -2.35. The molecular formula is C14H16BrFINO. The maximum Gasteiger partial charge on any atom is 0.254 e. The number of hydrogen-bond donors (Lipinski definition) is 0. The smallest absolute Gasteiger partial charge is 0.254 e. The average Bonchev–Trinajstić information content (AvgIpc) is 2.38. The van der Waals surface area contributed by atoms with E-state index in [1.54, 1.807) is 11.0 Å². The predicted molar refractivity (Wildman–Crippen MR) is 86.2 cm³/mol. The summed E-state index contributed by atoms with van der Waals surface area (Å²) in [7, 11) is 1.84. The summed E-state index contributed by atoms with van der Waals surface area (Å²) in [5.41, 5.74) is 0.578. The monoisotopic (exact) mass is 439 g/mol. The van der Waals surface area contributed by atoms with Crippen LogP contribution < -0.4 is 0 Å². The van der Waals surface area contributed by atoms with Crippen molar-refractivity contribution in [3.63, 3.8) is 0 Å². The van der Waals surface area contributed by atoms with E-state index in [9.17, 15) is 9.18 Å². The van der Waals surface area contributed by atoms with Gasteiger partial charge < -0.3 is 4.90 Å². The lowest BCUT2D eigenvalue weighted by molar-refractivity contribution is 0.0703. The SMILES string of the molecule is CN(C(=O)c1ccc(F)cc1I)C1CCCCC1Br. The molecule has 2 atom stereocenters. The summed E-state index contributed by atoms with van der Waals surface area (Å²) in [5.74, 6) is -0.333. The third kappa shape index (κ3) is 3.48. The van der Waals surface area contributed by atoms with Crippen LogP contribution in [0.15, 0.2) is 18.2 Å². The van der Waals surface area contributed by atoms with Crippen molar-refractivity contribution in [1.82, 2.24) is 4.90 Å². The van der Waals surface area contributed by atoms with Crippen LogP contribution in [0.2, 0.25) is 0 Å². The minimum Gasteiger partial charge on any atom is -0.338 e. The molecule has 0 saturated heterocycles. The molecule has 2 rings (SSSR count). The Bertz CT molecular complexity index is 483. The standard InChI is InChI=1S/C14H16BrFINO/c1-18(13-5-3-2-4-11(13)15)14(19)10-7-6-9(16)8-12(10)17/h6-8,11,13H,2-5H2,1H3. The van der Waals surface area contributed by atoms with Crippen molar-refractivity contribution < 1.29 is 9.18 Å². The van der Waals surface area contributed by atoms with Crippen LogP contribution in [0.25, 0.3) is 0 Å². The number of halogens is 3. The van der Waals surface area contributed by atoms with Gasteiger partial charge in [0.2, 0.25) is 0 Å². The number of benzene rings is 1. The zero-order valence-electron chi connectivity index (χ0n) is 10.7. The first kappa shape index (κ1) is 15.2. The van der Waals surface area contributed by atoms with Crippen molar-refractivity contribution in [2.45, 2.75) is 36.6 Å². The van der Waals surface area contributed by atoms with Crippen LogP contribution in [0.5, 0.6) is 0 Å². The van der Waals surface area contributed by atoms with Gasteiger partial charge in [-0.3, -0.25) is 4.79 Å². The highest BCUT2D eigenvalue weighted by Gasteiger charge is 2.30. The first-order chi connectivity index (χ1) is 9.00. The van der Waals surface area contributed by atoms with Crippen LogP contribution in [0, 0.1) is 9.39 Å². The predicted octanol–water partition coefficient (Wildman–Crippen LogP) is 4.21.